The fraction of sp³-hybridized carbons (Fsp3) is 0.280. The van der Waals surface area contributed by atoms with Gasteiger partial charge in [-0.1, -0.05) is 0 Å². The van der Waals surface area contributed by atoms with Crippen molar-refractivity contribution in [3.8, 4) is 0 Å². The van der Waals surface area contributed by atoms with E-state index in [-0.39, 0.29) is 19.5 Å². The largest absolute Gasteiger partial charge is 0.354 e. The van der Waals surface area contributed by atoms with Gasteiger partial charge >= 0.3 is 22.6 Å². The van der Waals surface area contributed by atoms with E-state index in [1.807, 2.05) is 0 Å². The van der Waals surface area contributed by atoms with Gasteiger partial charge in [0.15, 0.2) is 69.8 Å². The van der Waals surface area contributed by atoms with Crippen molar-refractivity contribution in [2.24, 2.45) is 0 Å². The van der Waals surface area contributed by atoms with Crippen molar-refractivity contribution >= 4 is 23.2 Å². The maximum absolute atomic E-state index is 14.3. The Morgan fingerprint density at radius 1 is 0.346 bits per heavy atom. The van der Waals surface area contributed by atoms with Crippen molar-refractivity contribution in [3.63, 3.8) is 0 Å². The summed E-state index contributed by atoms with van der Waals surface area (Å²) >= 11 is 8.43. The molecule has 0 atom stereocenters. The van der Waals surface area contributed by atoms with Crippen LogP contribution in [0.1, 0.15) is 39.8 Å². The molecule has 52 heavy (non-hydrogen) atoms. The molecule has 3 aromatic rings. The van der Waals surface area contributed by atoms with E-state index in [9.17, 15) is 105 Å². The van der Waals surface area contributed by atoms with Crippen molar-refractivity contribution in [2.45, 2.75) is 40.9 Å². The van der Waals surface area contributed by atoms with E-state index in [1.165, 1.54) is 0 Å². The third kappa shape index (κ3) is 6.97. The summed E-state index contributed by atoms with van der Waals surface area (Å²) in [6, 6.07) is 0. The summed E-state index contributed by atoms with van der Waals surface area (Å²) in [5.74, 6) is -65.3. The van der Waals surface area contributed by atoms with E-state index in [4.69, 9.17) is 0 Å². The maximum atomic E-state index is 14.3. The van der Waals surface area contributed by atoms with Crippen LogP contribution in [0.4, 0.5) is 105 Å². The Hall–Kier alpha value is -2.82. The van der Waals surface area contributed by atoms with E-state index < -0.39 is 144 Å². The van der Waals surface area contributed by atoms with Crippen molar-refractivity contribution in [1.82, 2.24) is 0 Å². The summed E-state index contributed by atoms with van der Waals surface area (Å²) in [6.07, 6.45) is -3.54. The summed E-state index contributed by atoms with van der Waals surface area (Å²) in [4.78, 5) is 0. The summed E-state index contributed by atoms with van der Waals surface area (Å²) in [7, 11) is 0. The Morgan fingerprint density at radius 3 is 0.692 bits per heavy atom. The smallest absolute Gasteiger partial charge is 0.203 e. The van der Waals surface area contributed by atoms with Crippen LogP contribution in [0, 0.1) is 69.8 Å². The second-order valence-electron chi connectivity index (χ2n) is 9.75. The van der Waals surface area contributed by atoms with Gasteiger partial charge in [0.2, 0.25) is 0 Å². The molecule has 0 nitrogen and oxygen atoms in total. The fourth-order valence-electron chi connectivity index (χ4n) is 4.36. The molecule has 286 valence electrons. The molecule has 4 bridgehead atoms. The molecule has 7 rings (SSSR count). The first kappa shape index (κ1) is 45.3. The Morgan fingerprint density at radius 2 is 0.519 bits per heavy atom. The Labute approximate surface area is 292 Å². The molecule has 4 aliphatic rings. The second-order valence-corrected chi connectivity index (χ2v) is 10.7. The van der Waals surface area contributed by atoms with Gasteiger partial charge in [0, 0.05) is 19.5 Å². The summed E-state index contributed by atoms with van der Waals surface area (Å²) in [5.41, 5.74) is -19.1. The third-order valence-electron chi connectivity index (χ3n) is 6.55. The standard InChI is InChI=1S/C17H2F16.C8Cl2F8.Zn/c18-6-2-7(19)11(23)4(10(6)22)16(30,31)17(32,33)5-12(24)8(20)3(9(21)13(5)25)15(28,29)1-14(2,26)27;9-7(15,16)1-3(11)5(13)2(8(10,17)18)6(14)4(1)12;/h1H2;;. The zero-order chi connectivity index (χ0) is 40.1. The first-order valence-corrected chi connectivity index (χ1v) is 12.6. The summed E-state index contributed by atoms with van der Waals surface area (Å²) in [6.45, 7) is 0. The second kappa shape index (κ2) is 13.8. The quantitative estimate of drug-likeness (QED) is 0.104. The average molecular weight is 895 g/mol. The van der Waals surface area contributed by atoms with Crippen LogP contribution in [-0.2, 0) is 53.9 Å². The molecule has 0 aliphatic heterocycles. The number of hydrogen-bond donors (Lipinski definition) is 0. The molecule has 0 fully saturated rings. The van der Waals surface area contributed by atoms with E-state index in [2.05, 4.69) is 23.2 Å². The number of rotatable bonds is 2. The zero-order valence-electron chi connectivity index (χ0n) is 23.2. The van der Waals surface area contributed by atoms with Crippen molar-refractivity contribution < 1.29 is 125 Å². The van der Waals surface area contributed by atoms with E-state index in [0.29, 0.717) is 0 Å². The first-order chi connectivity index (χ1) is 22.6. The molecule has 0 N–H and O–H groups in total. The van der Waals surface area contributed by atoms with Crippen LogP contribution < -0.4 is 0 Å². The van der Waals surface area contributed by atoms with Gasteiger partial charge in [-0.05, 0) is 23.2 Å². The Kier molecular flexibility index (Phi) is 12.0. The molecule has 0 unspecified atom stereocenters. The number of alkyl halides is 14. The van der Waals surface area contributed by atoms with Crippen molar-refractivity contribution in [2.75, 3.05) is 0 Å². The van der Waals surface area contributed by atoms with Gasteiger partial charge in [-0.3, -0.25) is 0 Å². The molecule has 0 heterocycles. The Bertz CT molecular complexity index is 1710. The molecule has 0 amide bonds. The molecule has 27 heteroatoms. The van der Waals surface area contributed by atoms with Gasteiger partial charge in [0.1, 0.15) is 22.3 Å². The molecule has 0 saturated heterocycles. The van der Waals surface area contributed by atoms with Crippen molar-refractivity contribution in [3.05, 3.63) is 103 Å². The minimum absolute atomic E-state index is 0. The van der Waals surface area contributed by atoms with Gasteiger partial charge < -0.3 is 0 Å². The van der Waals surface area contributed by atoms with Crippen LogP contribution in [0.2, 0.25) is 0 Å². The normalized spacial score (nSPS) is 17.4. The number of halogens is 26. The summed E-state index contributed by atoms with van der Waals surface area (Å²) < 4.78 is 328. The molecule has 0 aromatic heterocycles. The first-order valence-electron chi connectivity index (χ1n) is 11.9. The van der Waals surface area contributed by atoms with Crippen LogP contribution in [0.25, 0.3) is 0 Å². The summed E-state index contributed by atoms with van der Waals surface area (Å²) in [5, 5.41) is -9.65. The van der Waals surface area contributed by atoms with E-state index >= 15 is 0 Å². The van der Waals surface area contributed by atoms with Crippen LogP contribution in [-0.4, -0.2) is 0 Å². The van der Waals surface area contributed by atoms with E-state index in [1.54, 1.807) is 0 Å². The predicted molar refractivity (Wildman–Crippen MR) is 119 cm³/mol. The fourth-order valence-corrected chi connectivity index (χ4v) is 4.69. The van der Waals surface area contributed by atoms with Gasteiger partial charge in [-0.25, -0.2) is 70.2 Å². The van der Waals surface area contributed by atoms with Gasteiger partial charge in [-0.15, -0.1) is 0 Å². The molecule has 0 spiro atoms. The number of benzene rings is 3. The van der Waals surface area contributed by atoms with Gasteiger partial charge in [0.05, 0.1) is 17.5 Å². The predicted octanol–water partition coefficient (Wildman–Crippen LogP) is 12.1. The third-order valence-corrected chi connectivity index (χ3v) is 6.93. The van der Waals surface area contributed by atoms with Gasteiger partial charge in [0.25, 0.3) is 11.8 Å². The molecular formula is C25H2Cl2F24Zn. The number of hydrogen-bond acceptors (Lipinski definition) is 0. The average Bonchev–Trinajstić information content (AvgIpc) is 2.92. The minimum atomic E-state index is -6.82. The molecule has 0 saturated carbocycles. The Balaban J connectivity index is 0.000000419. The molecule has 0 radical (unpaired) electrons. The molecular weight excluding hydrogens is 893 g/mol. The van der Waals surface area contributed by atoms with Crippen LogP contribution in [0.15, 0.2) is 0 Å². The SMILES string of the molecule is Fc1c(F)c(C(F)(F)Cl)c(F)c(F)c1C(F)(F)Cl.Fc1c(F)c2c(F)c(F)c1C(F)(F)CC(F)(F)c1c(F)c(F)c(c(F)c1F)C(F)(F)C2(F)F.[Zn]. The molecule has 4 aliphatic carbocycles. The monoisotopic (exact) mass is 892 g/mol. The maximum Gasteiger partial charge on any atom is 0.354 e. The van der Waals surface area contributed by atoms with Crippen molar-refractivity contribution in [1.29, 1.82) is 0 Å². The minimum Gasteiger partial charge on any atom is -0.203 e. The zero-order valence-corrected chi connectivity index (χ0v) is 27.7. The topological polar surface area (TPSA) is 0 Å². The molecule has 3 aromatic carbocycles. The van der Waals surface area contributed by atoms with Crippen LogP contribution in [0.5, 0.6) is 0 Å². The van der Waals surface area contributed by atoms with Gasteiger partial charge in [-0.2, -0.15) is 35.1 Å². The van der Waals surface area contributed by atoms with Crippen LogP contribution >= 0.6 is 23.2 Å². The van der Waals surface area contributed by atoms with E-state index in [0.717, 1.165) is 0 Å². The van der Waals surface area contributed by atoms with Crippen LogP contribution in [0.3, 0.4) is 0 Å².